The lowest BCUT2D eigenvalue weighted by atomic mass is 9.66. The van der Waals surface area contributed by atoms with Gasteiger partial charge in [-0.1, -0.05) is 30.7 Å². The van der Waals surface area contributed by atoms with Crippen LogP contribution in [-0.2, 0) is 10.2 Å². The van der Waals surface area contributed by atoms with Gasteiger partial charge in [-0.25, -0.2) is 0 Å². The number of hydrogen-bond donors (Lipinski definition) is 1. The van der Waals surface area contributed by atoms with Gasteiger partial charge in [0, 0.05) is 11.6 Å². The summed E-state index contributed by atoms with van der Waals surface area (Å²) in [6, 6.07) is 9.82. The number of fused-ring (bicyclic) bond motifs is 1. The smallest absolute Gasteiger partial charge is 0.315 e. The number of carboxylic acid groups (broad SMARTS) is 1. The van der Waals surface area contributed by atoms with Crippen molar-refractivity contribution < 1.29 is 9.90 Å². The van der Waals surface area contributed by atoms with E-state index in [1.165, 1.54) is 0 Å². The molecule has 0 saturated heterocycles. The standard InChI is InChI=1S/C14H13NO2/c16-13(17)14(6-3-7-14)12-8-10-4-1-2-5-11(10)9-15-12/h1-2,4-5,8-9H,3,6-7H2,(H,16,17). The summed E-state index contributed by atoms with van der Waals surface area (Å²) >= 11 is 0. The zero-order valence-corrected chi connectivity index (χ0v) is 9.39. The summed E-state index contributed by atoms with van der Waals surface area (Å²) in [5.74, 6) is -0.744. The van der Waals surface area contributed by atoms with E-state index in [0.29, 0.717) is 18.5 Å². The second-order valence-electron chi connectivity index (χ2n) is 4.66. The average molecular weight is 227 g/mol. The van der Waals surface area contributed by atoms with Crippen LogP contribution in [0.2, 0.25) is 0 Å². The zero-order chi connectivity index (χ0) is 11.9. The Kier molecular flexibility index (Phi) is 2.15. The third-order valence-corrected chi connectivity index (χ3v) is 3.74. The first-order valence-electron chi connectivity index (χ1n) is 5.81. The third kappa shape index (κ3) is 1.42. The van der Waals surface area contributed by atoms with E-state index >= 15 is 0 Å². The molecule has 1 heterocycles. The Morgan fingerprint density at radius 3 is 2.53 bits per heavy atom. The van der Waals surface area contributed by atoms with Crippen LogP contribution in [-0.4, -0.2) is 16.1 Å². The first-order valence-corrected chi connectivity index (χ1v) is 5.81. The van der Waals surface area contributed by atoms with Crippen LogP contribution < -0.4 is 0 Å². The molecule has 0 aliphatic heterocycles. The maximum Gasteiger partial charge on any atom is 0.315 e. The quantitative estimate of drug-likeness (QED) is 0.858. The predicted octanol–water partition coefficient (Wildman–Crippen LogP) is 2.74. The number of nitrogens with zero attached hydrogens (tertiary/aromatic N) is 1. The van der Waals surface area contributed by atoms with Gasteiger partial charge in [0.1, 0.15) is 5.41 Å². The summed E-state index contributed by atoms with van der Waals surface area (Å²) in [7, 11) is 0. The lowest BCUT2D eigenvalue weighted by molar-refractivity contribution is -0.147. The Balaban J connectivity index is 2.14. The summed E-state index contributed by atoms with van der Waals surface area (Å²) in [4.78, 5) is 15.7. The van der Waals surface area contributed by atoms with Crippen molar-refractivity contribution >= 4 is 16.7 Å². The molecule has 0 bridgehead atoms. The Bertz CT molecular complexity index is 588. The molecule has 1 aliphatic carbocycles. The van der Waals surface area contributed by atoms with Crippen LogP contribution in [0, 0.1) is 0 Å². The van der Waals surface area contributed by atoms with Gasteiger partial charge in [-0.3, -0.25) is 9.78 Å². The van der Waals surface area contributed by atoms with Crippen molar-refractivity contribution in [1.29, 1.82) is 0 Å². The highest BCUT2D eigenvalue weighted by Gasteiger charge is 2.47. The molecule has 3 rings (SSSR count). The molecule has 1 aliphatic rings. The first-order chi connectivity index (χ1) is 8.22. The number of carbonyl (C=O) groups is 1. The van der Waals surface area contributed by atoms with Gasteiger partial charge < -0.3 is 5.11 Å². The van der Waals surface area contributed by atoms with Crippen LogP contribution in [0.1, 0.15) is 25.0 Å². The average Bonchev–Trinajstić information content (AvgIpc) is 2.27. The molecule has 3 nitrogen and oxygen atoms in total. The van der Waals surface area contributed by atoms with Gasteiger partial charge in [-0.05, 0) is 24.3 Å². The SMILES string of the molecule is O=C(O)C1(c2cc3ccccc3cn2)CCC1. The normalized spacial score (nSPS) is 17.6. The number of rotatable bonds is 2. The van der Waals surface area contributed by atoms with E-state index in [1.807, 2.05) is 30.3 Å². The van der Waals surface area contributed by atoms with Gasteiger partial charge in [0.2, 0.25) is 0 Å². The lowest BCUT2D eigenvalue weighted by Crippen LogP contribution is -2.43. The Labute approximate surface area is 99.1 Å². The van der Waals surface area contributed by atoms with Crippen LogP contribution in [0.4, 0.5) is 0 Å². The maximum absolute atomic E-state index is 11.4. The minimum atomic E-state index is -0.744. The van der Waals surface area contributed by atoms with E-state index < -0.39 is 11.4 Å². The van der Waals surface area contributed by atoms with Crippen molar-refractivity contribution in [3.05, 3.63) is 42.2 Å². The highest BCUT2D eigenvalue weighted by molar-refractivity contribution is 5.86. The lowest BCUT2D eigenvalue weighted by Gasteiger charge is -2.37. The second kappa shape index (κ2) is 3.55. The fourth-order valence-corrected chi connectivity index (χ4v) is 2.46. The summed E-state index contributed by atoms with van der Waals surface area (Å²) in [5.41, 5.74) is -0.0285. The molecule has 0 radical (unpaired) electrons. The summed E-state index contributed by atoms with van der Waals surface area (Å²) < 4.78 is 0. The van der Waals surface area contributed by atoms with Gasteiger partial charge in [0.15, 0.2) is 0 Å². The molecule has 2 aromatic rings. The molecule has 1 N–H and O–H groups in total. The number of carboxylic acids is 1. The van der Waals surface area contributed by atoms with Crippen LogP contribution in [0.15, 0.2) is 36.5 Å². The number of pyridine rings is 1. The van der Waals surface area contributed by atoms with Gasteiger partial charge >= 0.3 is 5.97 Å². The Morgan fingerprint density at radius 2 is 1.94 bits per heavy atom. The fraction of sp³-hybridized carbons (Fsp3) is 0.286. The molecule has 17 heavy (non-hydrogen) atoms. The molecular formula is C14H13NO2. The molecule has 1 aromatic heterocycles. The minimum Gasteiger partial charge on any atom is -0.481 e. The molecule has 1 fully saturated rings. The summed E-state index contributed by atoms with van der Waals surface area (Å²) in [6.07, 6.45) is 4.15. The van der Waals surface area contributed by atoms with Crippen molar-refractivity contribution in [2.45, 2.75) is 24.7 Å². The molecule has 0 spiro atoms. The molecule has 0 atom stereocenters. The van der Waals surface area contributed by atoms with Crippen LogP contribution >= 0.6 is 0 Å². The van der Waals surface area contributed by atoms with Crippen molar-refractivity contribution in [2.75, 3.05) is 0 Å². The van der Waals surface area contributed by atoms with E-state index in [1.54, 1.807) is 6.20 Å². The second-order valence-corrected chi connectivity index (χ2v) is 4.66. The predicted molar refractivity (Wildman–Crippen MR) is 64.9 cm³/mol. The number of hydrogen-bond acceptors (Lipinski definition) is 2. The van der Waals surface area contributed by atoms with Crippen LogP contribution in [0.25, 0.3) is 10.8 Å². The monoisotopic (exact) mass is 227 g/mol. The number of aromatic nitrogens is 1. The van der Waals surface area contributed by atoms with Gasteiger partial charge in [-0.2, -0.15) is 0 Å². The highest BCUT2D eigenvalue weighted by atomic mass is 16.4. The van der Waals surface area contributed by atoms with Crippen molar-refractivity contribution in [2.24, 2.45) is 0 Å². The first kappa shape index (κ1) is 10.3. The van der Waals surface area contributed by atoms with Crippen LogP contribution in [0.5, 0.6) is 0 Å². The largest absolute Gasteiger partial charge is 0.481 e. The molecule has 0 amide bonds. The summed E-state index contributed by atoms with van der Waals surface area (Å²) in [6.45, 7) is 0. The van der Waals surface area contributed by atoms with E-state index in [4.69, 9.17) is 0 Å². The fourth-order valence-electron chi connectivity index (χ4n) is 2.46. The van der Waals surface area contributed by atoms with E-state index in [2.05, 4.69) is 4.98 Å². The number of aliphatic carboxylic acids is 1. The van der Waals surface area contributed by atoms with E-state index in [0.717, 1.165) is 17.2 Å². The Hall–Kier alpha value is -1.90. The van der Waals surface area contributed by atoms with Crippen molar-refractivity contribution in [3.8, 4) is 0 Å². The molecule has 1 saturated carbocycles. The van der Waals surface area contributed by atoms with E-state index in [9.17, 15) is 9.90 Å². The molecule has 0 unspecified atom stereocenters. The zero-order valence-electron chi connectivity index (χ0n) is 9.39. The third-order valence-electron chi connectivity index (χ3n) is 3.74. The topological polar surface area (TPSA) is 50.2 Å². The van der Waals surface area contributed by atoms with Crippen molar-refractivity contribution in [1.82, 2.24) is 4.98 Å². The molecular weight excluding hydrogens is 214 g/mol. The van der Waals surface area contributed by atoms with Crippen LogP contribution in [0.3, 0.4) is 0 Å². The molecule has 3 heteroatoms. The van der Waals surface area contributed by atoms with Gasteiger partial charge in [0.05, 0.1) is 5.69 Å². The number of benzene rings is 1. The molecule has 1 aromatic carbocycles. The van der Waals surface area contributed by atoms with E-state index in [-0.39, 0.29) is 0 Å². The molecule has 86 valence electrons. The van der Waals surface area contributed by atoms with Crippen molar-refractivity contribution in [3.63, 3.8) is 0 Å². The van der Waals surface area contributed by atoms with Gasteiger partial charge in [-0.15, -0.1) is 0 Å². The Morgan fingerprint density at radius 1 is 1.24 bits per heavy atom. The highest BCUT2D eigenvalue weighted by Crippen LogP contribution is 2.43. The van der Waals surface area contributed by atoms with Gasteiger partial charge in [0.25, 0.3) is 0 Å². The summed E-state index contributed by atoms with van der Waals surface area (Å²) in [5, 5.41) is 11.5. The maximum atomic E-state index is 11.4. The minimum absolute atomic E-state index is 0.702.